The minimum absolute atomic E-state index is 0.0555. The molecular formula is C33H30Cl2N6O4S2. The second-order valence-corrected chi connectivity index (χ2v) is 13.1. The molecule has 0 aliphatic heterocycles. The zero-order chi connectivity index (χ0) is 33.7. The summed E-state index contributed by atoms with van der Waals surface area (Å²) in [6.07, 6.45) is 4.50. The molecule has 6 aromatic rings. The maximum atomic E-state index is 12.0. The van der Waals surface area contributed by atoms with Gasteiger partial charge in [-0.3, -0.25) is 19.3 Å². The fourth-order valence-electron chi connectivity index (χ4n) is 4.56. The Morgan fingerprint density at radius 2 is 1.49 bits per heavy atom. The number of nitrogens with one attached hydrogen (secondary N) is 1. The standard InChI is InChI=1S/C17H16ClN3O2S.C16H14ClN3O2S/c1-9(22)17-14(8-15(24-17)13-7-16(19)21-20-13)23-10(2)11-5-3-4-6-12(11)18;1-10(11-4-2-3-5-12(11)17)22-13-8-14(20-7-6-19-9-20)23-15(13)16(18)21/h3-8,10H,1-2H3,(H3,19,20,21);2-10H,1H3,(H2,18,21). The van der Waals surface area contributed by atoms with Gasteiger partial charge in [-0.1, -0.05) is 59.6 Å². The molecule has 0 spiro atoms. The number of nitrogens with zero attached hydrogens (tertiary/aromatic N) is 3. The number of ether oxygens (including phenoxy) is 2. The molecule has 242 valence electrons. The zero-order valence-corrected chi connectivity index (χ0v) is 28.6. The number of ketones is 1. The van der Waals surface area contributed by atoms with E-state index >= 15 is 0 Å². The van der Waals surface area contributed by atoms with Crippen LogP contribution >= 0.6 is 45.9 Å². The van der Waals surface area contributed by atoms with Crippen LogP contribution in [-0.2, 0) is 0 Å². The number of Topliss-reactive ketones (excluding diaryl/α,β-unsaturated/α-hetero) is 1. The average molecular weight is 710 g/mol. The normalized spacial score (nSPS) is 12.1. The van der Waals surface area contributed by atoms with Crippen LogP contribution in [0.15, 0.2) is 85.5 Å². The summed E-state index contributed by atoms with van der Waals surface area (Å²) >= 11 is 15.0. The highest BCUT2D eigenvalue weighted by Gasteiger charge is 2.21. The van der Waals surface area contributed by atoms with Crippen molar-refractivity contribution in [3.8, 4) is 27.1 Å². The summed E-state index contributed by atoms with van der Waals surface area (Å²) in [5.74, 6) is 0.791. The summed E-state index contributed by atoms with van der Waals surface area (Å²) < 4.78 is 13.8. The lowest BCUT2D eigenvalue weighted by Gasteiger charge is -2.16. The van der Waals surface area contributed by atoms with Gasteiger partial charge >= 0.3 is 0 Å². The number of H-pyrrole nitrogens is 1. The molecule has 1 amide bonds. The van der Waals surface area contributed by atoms with Crippen molar-refractivity contribution >= 4 is 63.4 Å². The number of carbonyl (C=O) groups is 2. The number of rotatable bonds is 10. The van der Waals surface area contributed by atoms with Gasteiger partial charge < -0.3 is 20.9 Å². The van der Waals surface area contributed by atoms with Gasteiger partial charge in [-0.05, 0) is 26.0 Å². The number of anilines is 1. The van der Waals surface area contributed by atoms with Gasteiger partial charge in [-0.25, -0.2) is 4.98 Å². The quantitative estimate of drug-likeness (QED) is 0.121. The lowest BCUT2D eigenvalue weighted by atomic mass is 10.1. The van der Waals surface area contributed by atoms with Gasteiger partial charge in [0.05, 0.1) is 16.9 Å². The number of nitrogen functional groups attached to an aromatic ring is 1. The molecule has 4 aromatic heterocycles. The Hall–Kier alpha value is -4.62. The number of nitrogens with two attached hydrogens (primary N) is 2. The minimum atomic E-state index is -0.525. The highest BCUT2D eigenvalue weighted by molar-refractivity contribution is 7.17. The molecule has 0 bridgehead atoms. The van der Waals surface area contributed by atoms with Gasteiger partial charge in [0.1, 0.15) is 44.3 Å². The monoisotopic (exact) mass is 708 g/mol. The van der Waals surface area contributed by atoms with E-state index in [1.54, 1.807) is 41.5 Å². The first-order chi connectivity index (χ1) is 22.5. The van der Waals surface area contributed by atoms with Crippen LogP contribution in [0.5, 0.6) is 11.5 Å². The van der Waals surface area contributed by atoms with Crippen LogP contribution in [0.25, 0.3) is 15.6 Å². The third-order valence-corrected chi connectivity index (χ3v) is 9.93. The topological polar surface area (TPSA) is 151 Å². The third kappa shape index (κ3) is 8.03. The van der Waals surface area contributed by atoms with Crippen molar-refractivity contribution in [2.45, 2.75) is 33.0 Å². The smallest absolute Gasteiger partial charge is 0.262 e. The van der Waals surface area contributed by atoms with Crippen LogP contribution in [0, 0.1) is 0 Å². The van der Waals surface area contributed by atoms with Gasteiger partial charge in [0.15, 0.2) is 5.78 Å². The van der Waals surface area contributed by atoms with E-state index < -0.39 is 5.91 Å². The Labute approximate surface area is 288 Å². The fourth-order valence-corrected chi connectivity index (χ4v) is 6.99. The van der Waals surface area contributed by atoms with Crippen molar-refractivity contribution in [3.63, 3.8) is 0 Å². The molecular weight excluding hydrogens is 679 g/mol. The maximum Gasteiger partial charge on any atom is 0.262 e. The summed E-state index contributed by atoms with van der Waals surface area (Å²) in [6, 6.07) is 20.2. The van der Waals surface area contributed by atoms with Gasteiger partial charge in [-0.2, -0.15) is 5.10 Å². The van der Waals surface area contributed by atoms with Gasteiger partial charge in [-0.15, -0.1) is 22.7 Å². The van der Waals surface area contributed by atoms with Crippen LogP contribution in [0.3, 0.4) is 0 Å². The second kappa shape index (κ2) is 14.9. The van der Waals surface area contributed by atoms with Gasteiger partial charge in [0.2, 0.25) is 0 Å². The largest absolute Gasteiger partial charge is 0.484 e. The average Bonchev–Trinajstić information content (AvgIpc) is 3.85. The molecule has 0 aliphatic rings. The Morgan fingerprint density at radius 3 is 1.98 bits per heavy atom. The number of halogens is 2. The Kier molecular flexibility index (Phi) is 10.7. The summed E-state index contributed by atoms with van der Waals surface area (Å²) in [5, 5.41) is 8.81. The number of carbonyl (C=O) groups excluding carboxylic acids is 2. The number of amides is 1. The molecule has 14 heteroatoms. The number of thiophene rings is 2. The second-order valence-electron chi connectivity index (χ2n) is 10.2. The molecule has 6 rings (SSSR count). The van der Waals surface area contributed by atoms with E-state index in [4.69, 9.17) is 44.1 Å². The first kappa shape index (κ1) is 33.7. The molecule has 4 heterocycles. The molecule has 2 unspecified atom stereocenters. The molecule has 5 N–H and O–H groups in total. The van der Waals surface area contributed by atoms with Crippen molar-refractivity contribution in [3.05, 3.63) is 116 Å². The van der Waals surface area contributed by atoms with Crippen molar-refractivity contribution in [2.75, 3.05) is 5.73 Å². The van der Waals surface area contributed by atoms with Crippen molar-refractivity contribution in [1.82, 2.24) is 19.7 Å². The van der Waals surface area contributed by atoms with E-state index in [1.165, 1.54) is 29.6 Å². The molecule has 2 aromatic carbocycles. The minimum Gasteiger partial charge on any atom is -0.484 e. The predicted octanol–water partition coefficient (Wildman–Crippen LogP) is 8.54. The maximum absolute atomic E-state index is 12.0. The molecule has 2 atom stereocenters. The van der Waals surface area contributed by atoms with Crippen LogP contribution in [0.1, 0.15) is 63.4 Å². The number of primary amides is 1. The number of hydrogen-bond donors (Lipinski definition) is 3. The fraction of sp³-hybridized carbons (Fsp3) is 0.152. The molecule has 0 radical (unpaired) electrons. The number of imidazole rings is 1. The SMILES string of the molecule is CC(=O)c1sc(-c2cc(N)n[nH]2)cc1OC(C)c1ccccc1Cl.CC(Oc1cc(-n2ccnc2)sc1C(N)=O)c1ccccc1Cl. The summed E-state index contributed by atoms with van der Waals surface area (Å²) in [7, 11) is 0. The van der Waals surface area contributed by atoms with E-state index in [-0.39, 0.29) is 18.0 Å². The Bertz CT molecular complexity index is 2000. The van der Waals surface area contributed by atoms with E-state index in [0.717, 1.165) is 26.7 Å². The number of hydrogen-bond acceptors (Lipinski definition) is 9. The van der Waals surface area contributed by atoms with E-state index in [2.05, 4.69) is 15.2 Å². The van der Waals surface area contributed by atoms with Crippen LogP contribution in [0.4, 0.5) is 5.82 Å². The van der Waals surface area contributed by atoms with Crippen LogP contribution in [0.2, 0.25) is 10.0 Å². The lowest BCUT2D eigenvalue weighted by molar-refractivity contribution is 0.0993. The van der Waals surface area contributed by atoms with E-state index in [9.17, 15) is 9.59 Å². The highest BCUT2D eigenvalue weighted by Crippen LogP contribution is 2.39. The molecule has 0 saturated carbocycles. The summed E-state index contributed by atoms with van der Waals surface area (Å²) in [4.78, 5) is 29.4. The molecule has 0 aliphatic carbocycles. The third-order valence-electron chi connectivity index (χ3n) is 6.84. The summed E-state index contributed by atoms with van der Waals surface area (Å²) in [5.41, 5.74) is 13.6. The molecule has 0 saturated heterocycles. The summed E-state index contributed by atoms with van der Waals surface area (Å²) in [6.45, 7) is 5.29. The van der Waals surface area contributed by atoms with Crippen LogP contribution in [-0.4, -0.2) is 31.4 Å². The Morgan fingerprint density at radius 1 is 0.894 bits per heavy atom. The van der Waals surface area contributed by atoms with Crippen molar-refractivity contribution in [2.24, 2.45) is 5.73 Å². The number of benzene rings is 2. The lowest BCUT2D eigenvalue weighted by Crippen LogP contribution is -2.12. The van der Waals surface area contributed by atoms with Crippen LogP contribution < -0.4 is 20.9 Å². The van der Waals surface area contributed by atoms with Crippen molar-refractivity contribution in [1.29, 1.82) is 0 Å². The highest BCUT2D eigenvalue weighted by atomic mass is 35.5. The predicted molar refractivity (Wildman–Crippen MR) is 187 cm³/mol. The molecule has 47 heavy (non-hydrogen) atoms. The first-order valence-electron chi connectivity index (χ1n) is 14.2. The van der Waals surface area contributed by atoms with Gasteiger partial charge in [0, 0.05) is 58.7 Å². The van der Waals surface area contributed by atoms with Gasteiger partial charge in [0.25, 0.3) is 5.91 Å². The Balaban J connectivity index is 0.000000185. The van der Waals surface area contributed by atoms with E-state index in [1.807, 2.05) is 62.4 Å². The van der Waals surface area contributed by atoms with Crippen molar-refractivity contribution < 1.29 is 19.1 Å². The zero-order valence-electron chi connectivity index (χ0n) is 25.4. The number of aromatic nitrogens is 4. The number of aromatic amines is 1. The molecule has 0 fully saturated rings. The molecule has 10 nitrogen and oxygen atoms in total. The van der Waals surface area contributed by atoms with E-state index in [0.29, 0.717) is 37.1 Å². The first-order valence-corrected chi connectivity index (χ1v) is 16.6.